The Morgan fingerprint density at radius 1 is 1.00 bits per heavy atom. The summed E-state index contributed by atoms with van der Waals surface area (Å²) in [6.07, 6.45) is 1.02. The zero-order valence-electron chi connectivity index (χ0n) is 10.4. The van der Waals surface area contributed by atoms with Crippen molar-refractivity contribution in [2.45, 2.75) is 11.5 Å². The van der Waals surface area contributed by atoms with Gasteiger partial charge in [-0.05, 0) is 36.2 Å². The topological polar surface area (TPSA) is 33.4 Å². The number of fused-ring (bicyclic) bond motifs is 1. The fourth-order valence-electron chi connectivity index (χ4n) is 1.99. The largest absolute Gasteiger partial charge is 0.508 e. The summed E-state index contributed by atoms with van der Waals surface area (Å²) in [7, 11) is 0. The minimum absolute atomic E-state index is 0.272. The molecular formula is C16H14O2S. The lowest BCUT2D eigenvalue weighted by atomic mass is 10.2. The number of furan rings is 1. The molecule has 3 heteroatoms. The van der Waals surface area contributed by atoms with Crippen molar-refractivity contribution in [1.29, 1.82) is 0 Å². The molecular weight excluding hydrogens is 256 g/mol. The van der Waals surface area contributed by atoms with Gasteiger partial charge in [0.2, 0.25) is 0 Å². The van der Waals surface area contributed by atoms with Crippen molar-refractivity contribution in [2.24, 2.45) is 0 Å². The maximum absolute atomic E-state index is 9.42. The lowest BCUT2D eigenvalue weighted by molar-refractivity contribution is 0.475. The number of aromatic hydroxyl groups is 1. The molecule has 0 spiro atoms. The summed E-state index contributed by atoms with van der Waals surface area (Å²) in [4.78, 5) is 0. The molecule has 0 saturated heterocycles. The standard InChI is InChI=1S/C16H14O2S/c17-14-6-7-15-13(10-14)11-16(18-15)19-9-8-12-4-2-1-3-5-12/h1-7,10-11,17H,8-9H2. The Labute approximate surface area is 116 Å². The second kappa shape index (κ2) is 5.41. The number of rotatable bonds is 4. The highest BCUT2D eigenvalue weighted by atomic mass is 32.2. The van der Waals surface area contributed by atoms with Crippen LogP contribution in [0.5, 0.6) is 5.75 Å². The normalized spacial score (nSPS) is 10.9. The van der Waals surface area contributed by atoms with Gasteiger partial charge in [-0.1, -0.05) is 42.1 Å². The SMILES string of the molecule is Oc1ccc2oc(SCCc3ccccc3)cc2c1. The van der Waals surface area contributed by atoms with Crippen molar-refractivity contribution in [1.82, 2.24) is 0 Å². The molecule has 96 valence electrons. The molecule has 1 aromatic heterocycles. The first-order valence-corrected chi connectivity index (χ1v) is 7.19. The van der Waals surface area contributed by atoms with Gasteiger partial charge >= 0.3 is 0 Å². The molecule has 3 aromatic rings. The summed E-state index contributed by atoms with van der Waals surface area (Å²) in [6, 6.07) is 17.6. The van der Waals surface area contributed by atoms with Gasteiger partial charge in [-0.25, -0.2) is 0 Å². The maximum Gasteiger partial charge on any atom is 0.161 e. The van der Waals surface area contributed by atoms with Crippen LogP contribution in [0, 0.1) is 0 Å². The quantitative estimate of drug-likeness (QED) is 0.710. The third kappa shape index (κ3) is 2.93. The fraction of sp³-hybridized carbons (Fsp3) is 0.125. The van der Waals surface area contributed by atoms with Crippen LogP contribution in [-0.2, 0) is 6.42 Å². The first kappa shape index (κ1) is 12.2. The Kier molecular flexibility index (Phi) is 3.47. The van der Waals surface area contributed by atoms with Gasteiger partial charge in [-0.2, -0.15) is 0 Å². The summed E-state index contributed by atoms with van der Waals surface area (Å²) in [6.45, 7) is 0. The van der Waals surface area contributed by atoms with Crippen LogP contribution in [0.2, 0.25) is 0 Å². The summed E-state index contributed by atoms with van der Waals surface area (Å²) in [5.41, 5.74) is 2.16. The molecule has 0 fully saturated rings. The molecule has 19 heavy (non-hydrogen) atoms. The van der Waals surface area contributed by atoms with E-state index in [-0.39, 0.29) is 5.75 Å². The Morgan fingerprint density at radius 2 is 1.84 bits per heavy atom. The summed E-state index contributed by atoms with van der Waals surface area (Å²) in [5.74, 6) is 1.25. The van der Waals surface area contributed by atoms with Crippen molar-refractivity contribution in [3.05, 3.63) is 60.2 Å². The van der Waals surface area contributed by atoms with E-state index in [1.165, 1.54) is 5.56 Å². The minimum Gasteiger partial charge on any atom is -0.508 e. The van der Waals surface area contributed by atoms with Crippen molar-refractivity contribution in [3.63, 3.8) is 0 Å². The molecule has 0 aliphatic carbocycles. The smallest absolute Gasteiger partial charge is 0.161 e. The first-order chi connectivity index (χ1) is 9.31. The molecule has 2 aromatic carbocycles. The van der Waals surface area contributed by atoms with Gasteiger partial charge < -0.3 is 9.52 Å². The molecule has 0 atom stereocenters. The first-order valence-electron chi connectivity index (χ1n) is 6.20. The van der Waals surface area contributed by atoms with E-state index >= 15 is 0 Å². The molecule has 0 unspecified atom stereocenters. The van der Waals surface area contributed by atoms with Crippen molar-refractivity contribution >= 4 is 22.7 Å². The second-order valence-electron chi connectivity index (χ2n) is 4.37. The van der Waals surface area contributed by atoms with Crippen LogP contribution in [-0.4, -0.2) is 10.9 Å². The second-order valence-corrected chi connectivity index (χ2v) is 5.47. The van der Waals surface area contributed by atoms with E-state index in [9.17, 15) is 5.11 Å². The number of phenols is 1. The van der Waals surface area contributed by atoms with Crippen molar-refractivity contribution in [2.75, 3.05) is 5.75 Å². The van der Waals surface area contributed by atoms with Crippen LogP contribution in [0.25, 0.3) is 11.0 Å². The van der Waals surface area contributed by atoms with Gasteiger partial charge in [-0.15, -0.1) is 0 Å². The van der Waals surface area contributed by atoms with Crippen LogP contribution >= 0.6 is 11.8 Å². The lowest BCUT2D eigenvalue weighted by Crippen LogP contribution is -1.86. The average molecular weight is 270 g/mol. The number of hydrogen-bond acceptors (Lipinski definition) is 3. The van der Waals surface area contributed by atoms with Crippen LogP contribution < -0.4 is 0 Å². The molecule has 0 bridgehead atoms. The molecule has 1 heterocycles. The lowest BCUT2D eigenvalue weighted by Gasteiger charge is -1.98. The predicted octanol–water partition coefficient (Wildman–Crippen LogP) is 4.47. The molecule has 0 aliphatic rings. The van der Waals surface area contributed by atoms with E-state index in [0.29, 0.717) is 0 Å². The Balaban J connectivity index is 1.65. The summed E-state index contributed by atoms with van der Waals surface area (Å²) >= 11 is 1.70. The van der Waals surface area contributed by atoms with Gasteiger partial charge in [0.15, 0.2) is 5.09 Å². The van der Waals surface area contributed by atoms with Gasteiger partial charge in [0.25, 0.3) is 0 Å². The molecule has 0 aliphatic heterocycles. The molecule has 3 rings (SSSR count). The van der Waals surface area contributed by atoms with Gasteiger partial charge in [-0.3, -0.25) is 0 Å². The maximum atomic E-state index is 9.42. The zero-order chi connectivity index (χ0) is 13.1. The highest BCUT2D eigenvalue weighted by Gasteiger charge is 2.05. The number of hydrogen-bond donors (Lipinski definition) is 1. The number of thioether (sulfide) groups is 1. The van der Waals surface area contributed by atoms with Crippen LogP contribution in [0.1, 0.15) is 5.56 Å². The van der Waals surface area contributed by atoms with E-state index < -0.39 is 0 Å². The highest BCUT2D eigenvalue weighted by Crippen LogP contribution is 2.29. The number of phenolic OH excluding ortho intramolecular Hbond substituents is 1. The Morgan fingerprint density at radius 3 is 2.68 bits per heavy atom. The van der Waals surface area contributed by atoms with E-state index in [0.717, 1.165) is 28.2 Å². The fourth-order valence-corrected chi connectivity index (χ4v) is 2.89. The third-order valence-electron chi connectivity index (χ3n) is 2.96. The summed E-state index contributed by atoms with van der Waals surface area (Å²) in [5, 5.41) is 11.3. The van der Waals surface area contributed by atoms with Gasteiger partial charge in [0.05, 0.1) is 0 Å². The monoisotopic (exact) mass is 270 g/mol. The minimum atomic E-state index is 0.272. The van der Waals surface area contributed by atoms with Crippen molar-refractivity contribution in [3.8, 4) is 5.75 Å². The molecule has 0 saturated carbocycles. The van der Waals surface area contributed by atoms with Crippen molar-refractivity contribution < 1.29 is 9.52 Å². The van der Waals surface area contributed by atoms with E-state index in [2.05, 4.69) is 24.3 Å². The van der Waals surface area contributed by atoms with E-state index in [1.54, 1.807) is 30.0 Å². The van der Waals surface area contributed by atoms with Crippen LogP contribution in [0.3, 0.4) is 0 Å². The predicted molar refractivity (Wildman–Crippen MR) is 78.7 cm³/mol. The number of benzene rings is 2. The van der Waals surface area contributed by atoms with E-state index in [4.69, 9.17) is 4.42 Å². The van der Waals surface area contributed by atoms with Crippen LogP contribution in [0.4, 0.5) is 0 Å². The summed E-state index contributed by atoms with van der Waals surface area (Å²) < 4.78 is 5.71. The van der Waals surface area contributed by atoms with E-state index in [1.807, 2.05) is 12.1 Å². The van der Waals surface area contributed by atoms with Gasteiger partial charge in [0, 0.05) is 11.1 Å². The molecule has 1 N–H and O–H groups in total. The molecule has 0 amide bonds. The van der Waals surface area contributed by atoms with Crippen LogP contribution in [0.15, 0.2) is 64.1 Å². The number of aryl methyl sites for hydroxylation is 1. The molecule has 0 radical (unpaired) electrons. The Hall–Kier alpha value is -1.87. The Bertz CT molecular complexity index is 674. The van der Waals surface area contributed by atoms with Gasteiger partial charge in [0.1, 0.15) is 11.3 Å². The third-order valence-corrected chi connectivity index (χ3v) is 3.85. The average Bonchev–Trinajstić information content (AvgIpc) is 2.82. The zero-order valence-corrected chi connectivity index (χ0v) is 11.2. The highest BCUT2D eigenvalue weighted by molar-refractivity contribution is 7.99. The molecule has 2 nitrogen and oxygen atoms in total.